The van der Waals surface area contributed by atoms with Gasteiger partial charge in [0.1, 0.15) is 5.58 Å². The van der Waals surface area contributed by atoms with E-state index in [0.29, 0.717) is 36.1 Å². The second kappa shape index (κ2) is 7.60. The molecule has 0 aliphatic carbocycles. The van der Waals surface area contributed by atoms with Gasteiger partial charge >= 0.3 is 0 Å². The maximum Gasteiger partial charge on any atom is 0.291 e. The molecule has 164 valence electrons. The Hall–Kier alpha value is -3.45. The number of ether oxygens (including phenoxy) is 1. The number of hydrogen-bond donors (Lipinski definition) is 0. The number of carbonyl (C=O) groups excluding carboxylic acids is 2. The number of para-hydroxylation sites is 2. The van der Waals surface area contributed by atoms with Gasteiger partial charge in [0.2, 0.25) is 5.76 Å². The van der Waals surface area contributed by atoms with Gasteiger partial charge in [-0.15, -0.1) is 0 Å². The van der Waals surface area contributed by atoms with Gasteiger partial charge in [-0.1, -0.05) is 37.3 Å². The summed E-state index contributed by atoms with van der Waals surface area (Å²) in [5, 5.41) is 0.358. The standard InChI is InChI=1S/C25H24N2O5/c1-3-13-26-18-11-6-5-10-17(18)25(24(26)30)20-21(28)16-9-4-7-12-19(16)32-22(20)23(29)27(25)14-8-15-31-2/h4-7,9-12H,3,8,13-15H2,1-2H3/t25-/m0/s1. The quantitative estimate of drug-likeness (QED) is 0.559. The van der Waals surface area contributed by atoms with E-state index in [-0.39, 0.29) is 29.2 Å². The van der Waals surface area contributed by atoms with E-state index < -0.39 is 11.4 Å². The van der Waals surface area contributed by atoms with Crippen molar-refractivity contribution in [3.05, 3.63) is 75.6 Å². The van der Waals surface area contributed by atoms with Crippen molar-refractivity contribution in [2.45, 2.75) is 25.3 Å². The van der Waals surface area contributed by atoms with Crippen LogP contribution < -0.4 is 10.3 Å². The third-order valence-corrected chi connectivity index (χ3v) is 6.32. The maximum absolute atomic E-state index is 14.1. The van der Waals surface area contributed by atoms with E-state index in [1.165, 1.54) is 4.90 Å². The monoisotopic (exact) mass is 432 g/mol. The molecule has 0 bridgehead atoms. The first-order valence-electron chi connectivity index (χ1n) is 10.9. The first kappa shape index (κ1) is 20.5. The molecule has 2 aliphatic rings. The third kappa shape index (κ3) is 2.54. The van der Waals surface area contributed by atoms with Crippen LogP contribution in [0.3, 0.4) is 0 Å². The molecule has 1 spiro atoms. The van der Waals surface area contributed by atoms with E-state index in [4.69, 9.17) is 9.15 Å². The lowest BCUT2D eigenvalue weighted by atomic mass is 9.84. The van der Waals surface area contributed by atoms with Crippen LogP contribution in [0, 0.1) is 0 Å². The minimum atomic E-state index is -1.53. The average Bonchev–Trinajstić information content (AvgIpc) is 3.20. The number of anilines is 1. The van der Waals surface area contributed by atoms with Gasteiger partial charge in [0.25, 0.3) is 11.8 Å². The fraction of sp³-hybridized carbons (Fsp3) is 0.320. The van der Waals surface area contributed by atoms with Crippen LogP contribution in [0.2, 0.25) is 0 Å². The molecule has 3 heterocycles. The van der Waals surface area contributed by atoms with Crippen molar-refractivity contribution >= 4 is 28.5 Å². The Balaban J connectivity index is 1.85. The summed E-state index contributed by atoms with van der Waals surface area (Å²) in [6.07, 6.45) is 1.27. The number of nitrogens with zero attached hydrogens (tertiary/aromatic N) is 2. The number of benzene rings is 2. The molecule has 0 N–H and O–H groups in total. The molecule has 7 nitrogen and oxygen atoms in total. The van der Waals surface area contributed by atoms with Crippen molar-refractivity contribution in [3.63, 3.8) is 0 Å². The van der Waals surface area contributed by atoms with Gasteiger partial charge in [-0.05, 0) is 31.0 Å². The van der Waals surface area contributed by atoms with Crippen LogP contribution in [0.15, 0.2) is 57.7 Å². The lowest BCUT2D eigenvalue weighted by Gasteiger charge is -2.34. The Bertz CT molecular complexity index is 1300. The van der Waals surface area contributed by atoms with Gasteiger partial charge in [0.15, 0.2) is 11.0 Å². The number of amides is 2. The van der Waals surface area contributed by atoms with E-state index in [2.05, 4.69) is 0 Å². The topological polar surface area (TPSA) is 80.1 Å². The van der Waals surface area contributed by atoms with Crippen molar-refractivity contribution in [2.75, 3.05) is 31.7 Å². The number of methoxy groups -OCH3 is 1. The summed E-state index contributed by atoms with van der Waals surface area (Å²) in [5.74, 6) is -0.777. The molecule has 0 saturated heterocycles. The minimum Gasteiger partial charge on any atom is -0.450 e. The fourth-order valence-electron chi connectivity index (χ4n) is 5.05. The molecule has 5 rings (SSSR count). The molecule has 0 saturated carbocycles. The Labute approximate surface area is 185 Å². The van der Waals surface area contributed by atoms with Crippen molar-refractivity contribution in [2.24, 2.45) is 0 Å². The van der Waals surface area contributed by atoms with Crippen LogP contribution in [0.4, 0.5) is 5.69 Å². The zero-order valence-electron chi connectivity index (χ0n) is 18.1. The van der Waals surface area contributed by atoms with Crippen molar-refractivity contribution in [1.82, 2.24) is 4.90 Å². The summed E-state index contributed by atoms with van der Waals surface area (Å²) in [6, 6.07) is 14.2. The maximum atomic E-state index is 14.1. The van der Waals surface area contributed by atoms with Gasteiger partial charge in [-0.25, -0.2) is 0 Å². The number of hydrogen-bond acceptors (Lipinski definition) is 5. The Morgan fingerprint density at radius 3 is 2.53 bits per heavy atom. The SMILES string of the molecule is CCCN1C(=O)[C@]2(c3ccccc31)c1c(oc3ccccc3c1=O)C(=O)N2CCCOC. The highest BCUT2D eigenvalue weighted by Gasteiger charge is 2.64. The minimum absolute atomic E-state index is 0.0485. The van der Waals surface area contributed by atoms with Crippen LogP contribution >= 0.6 is 0 Å². The predicted octanol–water partition coefficient (Wildman–Crippen LogP) is 3.29. The Morgan fingerprint density at radius 1 is 1.00 bits per heavy atom. The van der Waals surface area contributed by atoms with Crippen LogP contribution in [0.1, 0.15) is 41.4 Å². The van der Waals surface area contributed by atoms with Gasteiger partial charge < -0.3 is 19.0 Å². The lowest BCUT2D eigenvalue weighted by Crippen LogP contribution is -2.53. The molecular weight excluding hydrogens is 408 g/mol. The number of carbonyl (C=O) groups is 2. The average molecular weight is 432 g/mol. The highest BCUT2D eigenvalue weighted by molar-refractivity contribution is 6.17. The Kier molecular flexibility index (Phi) is 4.86. The first-order valence-corrected chi connectivity index (χ1v) is 10.9. The van der Waals surface area contributed by atoms with E-state index >= 15 is 0 Å². The third-order valence-electron chi connectivity index (χ3n) is 6.32. The van der Waals surface area contributed by atoms with Gasteiger partial charge in [0.05, 0.1) is 16.6 Å². The van der Waals surface area contributed by atoms with Crippen molar-refractivity contribution < 1.29 is 18.7 Å². The highest BCUT2D eigenvalue weighted by Crippen LogP contribution is 2.52. The molecule has 0 radical (unpaired) electrons. The highest BCUT2D eigenvalue weighted by atomic mass is 16.5. The van der Waals surface area contributed by atoms with Gasteiger partial charge in [-0.3, -0.25) is 14.4 Å². The molecule has 2 aliphatic heterocycles. The molecule has 0 unspecified atom stereocenters. The molecule has 0 fully saturated rings. The largest absolute Gasteiger partial charge is 0.450 e. The van der Waals surface area contributed by atoms with E-state index in [0.717, 1.165) is 12.1 Å². The summed E-state index contributed by atoms with van der Waals surface area (Å²) in [5.41, 5.74) is -0.0469. The molecule has 3 aromatic rings. The smallest absolute Gasteiger partial charge is 0.291 e. The Morgan fingerprint density at radius 2 is 1.75 bits per heavy atom. The van der Waals surface area contributed by atoms with E-state index in [1.54, 1.807) is 36.3 Å². The normalized spacial score (nSPS) is 19.3. The molecule has 1 atom stereocenters. The predicted molar refractivity (Wildman–Crippen MR) is 120 cm³/mol. The summed E-state index contributed by atoms with van der Waals surface area (Å²) in [4.78, 5) is 44.8. The van der Waals surface area contributed by atoms with Crippen LogP contribution in [0.5, 0.6) is 0 Å². The zero-order chi connectivity index (χ0) is 22.5. The molecular formula is C25H24N2O5. The summed E-state index contributed by atoms with van der Waals surface area (Å²) in [7, 11) is 1.59. The molecule has 2 aromatic carbocycles. The molecule has 32 heavy (non-hydrogen) atoms. The first-order chi connectivity index (χ1) is 15.6. The van der Waals surface area contributed by atoms with Crippen molar-refractivity contribution in [3.8, 4) is 0 Å². The van der Waals surface area contributed by atoms with Gasteiger partial charge in [-0.2, -0.15) is 0 Å². The second-order valence-electron chi connectivity index (χ2n) is 8.12. The lowest BCUT2D eigenvalue weighted by molar-refractivity contribution is -0.126. The second-order valence-corrected chi connectivity index (χ2v) is 8.12. The molecule has 7 heteroatoms. The summed E-state index contributed by atoms with van der Waals surface area (Å²) < 4.78 is 11.2. The molecule has 1 aromatic heterocycles. The van der Waals surface area contributed by atoms with E-state index in [1.807, 2.05) is 31.2 Å². The van der Waals surface area contributed by atoms with Gasteiger partial charge in [0, 0.05) is 32.4 Å². The van der Waals surface area contributed by atoms with E-state index in [9.17, 15) is 14.4 Å². The van der Waals surface area contributed by atoms with Crippen LogP contribution in [-0.4, -0.2) is 43.5 Å². The zero-order valence-corrected chi connectivity index (χ0v) is 18.1. The number of rotatable bonds is 6. The number of fused-ring (bicyclic) bond motifs is 5. The fourth-order valence-corrected chi connectivity index (χ4v) is 5.05. The summed E-state index contributed by atoms with van der Waals surface area (Å²) in [6.45, 7) is 3.17. The van der Waals surface area contributed by atoms with Crippen LogP contribution in [-0.2, 0) is 15.1 Å². The molecule has 2 amide bonds. The van der Waals surface area contributed by atoms with Crippen molar-refractivity contribution in [1.29, 1.82) is 0 Å². The van der Waals surface area contributed by atoms with Crippen LogP contribution in [0.25, 0.3) is 11.0 Å². The summed E-state index contributed by atoms with van der Waals surface area (Å²) >= 11 is 0.